The zero-order valence-corrected chi connectivity index (χ0v) is 13.4. The maximum absolute atomic E-state index is 12.9. The molecular formula is C18H18N2O4. The van der Waals surface area contributed by atoms with Crippen molar-refractivity contribution in [2.45, 2.75) is 19.3 Å². The summed E-state index contributed by atoms with van der Waals surface area (Å²) in [4.78, 5) is 29.3. The number of fused-ring (bicyclic) bond motifs is 1. The molecule has 2 heterocycles. The molecule has 2 aromatic rings. The molecule has 0 fully saturated rings. The number of benzene rings is 1. The van der Waals surface area contributed by atoms with E-state index in [1.54, 1.807) is 12.0 Å². The molecule has 0 spiro atoms. The minimum atomic E-state index is -1.11. The highest BCUT2D eigenvalue weighted by atomic mass is 16.5. The van der Waals surface area contributed by atoms with Crippen LogP contribution in [0.3, 0.4) is 0 Å². The molecule has 1 amide bonds. The Labute approximate surface area is 139 Å². The van der Waals surface area contributed by atoms with Gasteiger partial charge in [-0.2, -0.15) is 0 Å². The molecule has 124 valence electrons. The van der Waals surface area contributed by atoms with Gasteiger partial charge in [0.25, 0.3) is 5.91 Å². The zero-order chi connectivity index (χ0) is 17.1. The predicted octanol–water partition coefficient (Wildman–Crippen LogP) is 2.77. The number of methoxy groups -OCH3 is 1. The van der Waals surface area contributed by atoms with Crippen molar-refractivity contribution in [1.82, 2.24) is 4.98 Å². The second-order valence-electron chi connectivity index (χ2n) is 5.65. The summed E-state index contributed by atoms with van der Waals surface area (Å²) in [6, 6.07) is 8.56. The number of pyridine rings is 1. The molecule has 24 heavy (non-hydrogen) atoms. The van der Waals surface area contributed by atoms with E-state index in [-0.39, 0.29) is 11.6 Å². The van der Waals surface area contributed by atoms with E-state index in [0.717, 1.165) is 36.3 Å². The Balaban J connectivity index is 1.93. The van der Waals surface area contributed by atoms with Crippen LogP contribution in [0.15, 0.2) is 36.5 Å². The highest BCUT2D eigenvalue weighted by molar-refractivity contribution is 6.06. The van der Waals surface area contributed by atoms with E-state index in [4.69, 9.17) is 9.84 Å². The molecule has 6 heteroatoms. The molecule has 0 saturated carbocycles. The average molecular weight is 326 g/mol. The molecule has 0 saturated heterocycles. The lowest BCUT2D eigenvalue weighted by molar-refractivity contribution is 0.0690. The number of rotatable bonds is 3. The summed E-state index contributed by atoms with van der Waals surface area (Å²) in [5.41, 5.74) is 2.26. The number of carboxylic acids is 1. The minimum absolute atomic E-state index is 0.0763. The second kappa shape index (κ2) is 6.70. The van der Waals surface area contributed by atoms with Crippen molar-refractivity contribution in [3.05, 3.63) is 53.3 Å². The lowest BCUT2D eigenvalue weighted by Crippen LogP contribution is -2.31. The lowest BCUT2D eigenvalue weighted by atomic mass is 10.1. The predicted molar refractivity (Wildman–Crippen MR) is 88.8 cm³/mol. The number of hydrogen-bond donors (Lipinski definition) is 1. The zero-order valence-electron chi connectivity index (χ0n) is 13.4. The van der Waals surface area contributed by atoms with Crippen molar-refractivity contribution in [2.24, 2.45) is 0 Å². The molecule has 3 rings (SSSR count). The summed E-state index contributed by atoms with van der Waals surface area (Å²) in [6.07, 6.45) is 4.12. The third-order valence-electron chi connectivity index (χ3n) is 4.13. The molecule has 0 radical (unpaired) electrons. The van der Waals surface area contributed by atoms with Gasteiger partial charge in [0, 0.05) is 18.4 Å². The number of nitrogens with zero attached hydrogens (tertiary/aromatic N) is 2. The van der Waals surface area contributed by atoms with Gasteiger partial charge in [-0.3, -0.25) is 4.79 Å². The third kappa shape index (κ3) is 3.08. The molecule has 0 atom stereocenters. The Bertz CT molecular complexity index is 771. The number of hydrogen-bond acceptors (Lipinski definition) is 4. The van der Waals surface area contributed by atoms with Crippen LogP contribution in [-0.2, 0) is 6.42 Å². The van der Waals surface area contributed by atoms with Gasteiger partial charge in [-0.15, -0.1) is 0 Å². The molecule has 0 unspecified atom stereocenters. The quantitative estimate of drug-likeness (QED) is 0.938. The maximum Gasteiger partial charge on any atom is 0.354 e. The summed E-state index contributed by atoms with van der Waals surface area (Å²) in [5, 5.41) is 8.91. The standard InChI is InChI=1S/C18H18N2O4/c1-24-14-6-8-16-12(10-14)4-2-3-9-20(16)17(21)13-5-7-15(18(22)23)19-11-13/h5-8,10-11H,2-4,9H2,1H3,(H,22,23). The van der Waals surface area contributed by atoms with Crippen molar-refractivity contribution >= 4 is 17.6 Å². The van der Waals surface area contributed by atoms with E-state index >= 15 is 0 Å². The van der Waals surface area contributed by atoms with Crippen LogP contribution in [0.25, 0.3) is 0 Å². The largest absolute Gasteiger partial charge is 0.497 e. The fourth-order valence-electron chi connectivity index (χ4n) is 2.87. The normalized spacial score (nSPS) is 13.8. The van der Waals surface area contributed by atoms with Crippen LogP contribution in [-0.4, -0.2) is 35.6 Å². The third-order valence-corrected chi connectivity index (χ3v) is 4.13. The second-order valence-corrected chi connectivity index (χ2v) is 5.65. The van der Waals surface area contributed by atoms with Crippen molar-refractivity contribution in [3.63, 3.8) is 0 Å². The molecule has 0 bridgehead atoms. The van der Waals surface area contributed by atoms with Gasteiger partial charge in [0.2, 0.25) is 0 Å². The molecule has 1 aromatic heterocycles. The first-order chi connectivity index (χ1) is 11.6. The Morgan fingerprint density at radius 3 is 2.71 bits per heavy atom. The summed E-state index contributed by atoms with van der Waals surface area (Å²) < 4.78 is 5.27. The van der Waals surface area contributed by atoms with Crippen LogP contribution in [0.2, 0.25) is 0 Å². The van der Waals surface area contributed by atoms with Gasteiger partial charge in [-0.1, -0.05) is 0 Å². The molecule has 0 aliphatic carbocycles. The monoisotopic (exact) mass is 326 g/mol. The van der Waals surface area contributed by atoms with E-state index in [0.29, 0.717) is 12.1 Å². The van der Waals surface area contributed by atoms with Gasteiger partial charge in [0.1, 0.15) is 11.4 Å². The summed E-state index contributed by atoms with van der Waals surface area (Å²) in [5.74, 6) is -0.510. The first-order valence-electron chi connectivity index (χ1n) is 7.78. The molecule has 1 aliphatic heterocycles. The minimum Gasteiger partial charge on any atom is -0.497 e. The van der Waals surface area contributed by atoms with E-state index in [2.05, 4.69) is 4.98 Å². The van der Waals surface area contributed by atoms with Gasteiger partial charge in [-0.05, 0) is 55.2 Å². The SMILES string of the molecule is COc1ccc2c(c1)CCCCN2C(=O)c1ccc(C(=O)O)nc1. The molecule has 6 nitrogen and oxygen atoms in total. The number of aromatic carboxylic acids is 1. The highest BCUT2D eigenvalue weighted by Gasteiger charge is 2.23. The number of anilines is 1. The molecule has 1 aromatic carbocycles. The number of amides is 1. The summed E-state index contributed by atoms with van der Waals surface area (Å²) in [6.45, 7) is 0.624. The summed E-state index contributed by atoms with van der Waals surface area (Å²) in [7, 11) is 1.62. The Kier molecular flexibility index (Phi) is 4.46. The number of aromatic nitrogens is 1. The van der Waals surface area contributed by atoms with Gasteiger partial charge in [-0.25, -0.2) is 9.78 Å². The first-order valence-corrected chi connectivity index (χ1v) is 7.78. The van der Waals surface area contributed by atoms with Crippen LogP contribution >= 0.6 is 0 Å². The van der Waals surface area contributed by atoms with Gasteiger partial charge in [0.05, 0.1) is 12.7 Å². The van der Waals surface area contributed by atoms with Gasteiger partial charge in [0.15, 0.2) is 0 Å². The Morgan fingerprint density at radius 1 is 1.21 bits per heavy atom. The number of carbonyl (C=O) groups excluding carboxylic acids is 1. The number of ether oxygens (including phenoxy) is 1. The lowest BCUT2D eigenvalue weighted by Gasteiger charge is -2.23. The molecular weight excluding hydrogens is 308 g/mol. The van der Waals surface area contributed by atoms with Crippen LogP contribution in [0.1, 0.15) is 39.3 Å². The van der Waals surface area contributed by atoms with E-state index in [9.17, 15) is 9.59 Å². The fraction of sp³-hybridized carbons (Fsp3) is 0.278. The van der Waals surface area contributed by atoms with E-state index in [1.807, 2.05) is 18.2 Å². The van der Waals surface area contributed by atoms with E-state index < -0.39 is 5.97 Å². The number of carbonyl (C=O) groups is 2. The average Bonchev–Trinajstić information content (AvgIpc) is 2.82. The number of carboxylic acid groups (broad SMARTS) is 1. The Hall–Kier alpha value is -2.89. The van der Waals surface area contributed by atoms with Gasteiger partial charge < -0.3 is 14.7 Å². The Morgan fingerprint density at radius 2 is 2.04 bits per heavy atom. The first kappa shape index (κ1) is 16.0. The molecule has 1 aliphatic rings. The van der Waals surface area contributed by atoms with Crippen molar-refractivity contribution in [3.8, 4) is 5.75 Å². The van der Waals surface area contributed by atoms with Gasteiger partial charge >= 0.3 is 5.97 Å². The van der Waals surface area contributed by atoms with Crippen molar-refractivity contribution < 1.29 is 19.4 Å². The van der Waals surface area contributed by atoms with Crippen LogP contribution in [0.5, 0.6) is 5.75 Å². The smallest absolute Gasteiger partial charge is 0.354 e. The topological polar surface area (TPSA) is 79.7 Å². The van der Waals surface area contributed by atoms with Crippen LogP contribution in [0, 0.1) is 0 Å². The van der Waals surface area contributed by atoms with Crippen LogP contribution in [0.4, 0.5) is 5.69 Å². The molecule has 1 N–H and O–H groups in total. The van der Waals surface area contributed by atoms with Crippen molar-refractivity contribution in [2.75, 3.05) is 18.6 Å². The maximum atomic E-state index is 12.9. The van der Waals surface area contributed by atoms with Crippen molar-refractivity contribution in [1.29, 1.82) is 0 Å². The summed E-state index contributed by atoms with van der Waals surface area (Å²) >= 11 is 0. The fourth-order valence-corrected chi connectivity index (χ4v) is 2.87. The van der Waals surface area contributed by atoms with Crippen LogP contribution < -0.4 is 9.64 Å². The van der Waals surface area contributed by atoms with E-state index in [1.165, 1.54) is 18.3 Å². The highest BCUT2D eigenvalue weighted by Crippen LogP contribution is 2.30. The number of aryl methyl sites for hydroxylation is 1.